The van der Waals surface area contributed by atoms with Crippen molar-refractivity contribution in [3.05, 3.63) is 28.8 Å². The van der Waals surface area contributed by atoms with Crippen molar-refractivity contribution in [1.82, 2.24) is 10.2 Å². The van der Waals surface area contributed by atoms with Crippen molar-refractivity contribution in [2.24, 2.45) is 0 Å². The normalized spacial score (nSPS) is 14.0. The summed E-state index contributed by atoms with van der Waals surface area (Å²) in [5, 5.41) is 3.15. The molecule has 0 atom stereocenters. The molecular formula is C13H16ClN3O2. The lowest BCUT2D eigenvalue weighted by Crippen LogP contribution is -2.39. The van der Waals surface area contributed by atoms with Crippen LogP contribution in [0.3, 0.4) is 0 Å². The molecular weight excluding hydrogens is 266 g/mol. The molecule has 0 bridgehead atoms. The van der Waals surface area contributed by atoms with E-state index in [1.54, 1.807) is 19.2 Å². The summed E-state index contributed by atoms with van der Waals surface area (Å²) in [5.41, 5.74) is 6.40. The molecule has 0 radical (unpaired) electrons. The summed E-state index contributed by atoms with van der Waals surface area (Å²) >= 11 is 5.96. The monoisotopic (exact) mass is 281 g/mol. The fraction of sp³-hybridized carbons (Fsp3) is 0.385. The Balaban J connectivity index is 2.01. The molecule has 5 nitrogen and oxygen atoms in total. The lowest BCUT2D eigenvalue weighted by atomic mass is 10.2. The highest BCUT2D eigenvalue weighted by molar-refractivity contribution is 6.34. The van der Waals surface area contributed by atoms with E-state index in [-0.39, 0.29) is 24.4 Å². The van der Waals surface area contributed by atoms with Crippen LogP contribution >= 0.6 is 11.6 Å². The van der Waals surface area contributed by atoms with Crippen molar-refractivity contribution >= 4 is 29.1 Å². The number of hydrogen-bond donors (Lipinski definition) is 2. The third kappa shape index (κ3) is 3.61. The summed E-state index contributed by atoms with van der Waals surface area (Å²) in [5.74, 6) is -0.471. The lowest BCUT2D eigenvalue weighted by molar-refractivity contribution is -0.121. The maximum atomic E-state index is 12.2. The number of nitrogens with zero attached hydrogens (tertiary/aromatic N) is 1. The maximum absolute atomic E-state index is 12.2. The number of carbonyl (C=O) groups is 2. The molecule has 102 valence electrons. The Hall–Kier alpha value is -1.75. The zero-order chi connectivity index (χ0) is 14.0. The number of likely N-dealkylation sites (N-methyl/N-ethyl adjacent to an activating group) is 1. The Labute approximate surface area is 116 Å². The van der Waals surface area contributed by atoms with Gasteiger partial charge in [0.15, 0.2) is 0 Å². The highest BCUT2D eigenvalue weighted by Crippen LogP contribution is 2.21. The standard InChI is InChI=1S/C13H16ClN3O2/c1-17(7-12(18)16-9-3-4-9)13(19)10-6-8(15)2-5-11(10)14/h2,5-6,9H,3-4,7,15H2,1H3,(H,16,18). The van der Waals surface area contributed by atoms with Crippen LogP contribution in [0.25, 0.3) is 0 Å². The number of benzene rings is 1. The van der Waals surface area contributed by atoms with Crippen molar-refractivity contribution in [2.75, 3.05) is 19.3 Å². The molecule has 0 unspecified atom stereocenters. The first-order chi connectivity index (χ1) is 8.97. The lowest BCUT2D eigenvalue weighted by Gasteiger charge is -2.17. The van der Waals surface area contributed by atoms with E-state index < -0.39 is 0 Å². The quantitative estimate of drug-likeness (QED) is 0.816. The third-order valence-electron chi connectivity index (χ3n) is 2.89. The first kappa shape index (κ1) is 13.7. The number of halogens is 1. The van der Waals surface area contributed by atoms with Crippen LogP contribution in [-0.4, -0.2) is 36.3 Å². The second-order valence-electron chi connectivity index (χ2n) is 4.74. The fourth-order valence-electron chi connectivity index (χ4n) is 1.70. The van der Waals surface area contributed by atoms with E-state index >= 15 is 0 Å². The Morgan fingerprint density at radius 1 is 1.47 bits per heavy atom. The first-order valence-electron chi connectivity index (χ1n) is 6.07. The average molecular weight is 282 g/mol. The van der Waals surface area contributed by atoms with Gasteiger partial charge in [0.2, 0.25) is 5.91 Å². The Kier molecular flexibility index (Phi) is 3.95. The molecule has 1 aromatic carbocycles. The number of nitrogen functional groups attached to an aromatic ring is 1. The van der Waals surface area contributed by atoms with Gasteiger partial charge in [0.25, 0.3) is 5.91 Å². The van der Waals surface area contributed by atoms with Gasteiger partial charge < -0.3 is 16.0 Å². The minimum Gasteiger partial charge on any atom is -0.399 e. The zero-order valence-electron chi connectivity index (χ0n) is 10.6. The van der Waals surface area contributed by atoms with Crippen LogP contribution in [0, 0.1) is 0 Å². The van der Waals surface area contributed by atoms with Gasteiger partial charge in [-0.05, 0) is 31.0 Å². The van der Waals surface area contributed by atoms with E-state index in [1.165, 1.54) is 11.0 Å². The summed E-state index contributed by atoms with van der Waals surface area (Å²) in [4.78, 5) is 25.1. The van der Waals surface area contributed by atoms with E-state index in [0.29, 0.717) is 16.3 Å². The molecule has 1 aromatic rings. The summed E-state index contributed by atoms with van der Waals surface area (Å²) < 4.78 is 0. The van der Waals surface area contributed by atoms with Gasteiger partial charge in [-0.1, -0.05) is 11.6 Å². The summed E-state index contributed by atoms with van der Waals surface area (Å²) in [7, 11) is 1.56. The van der Waals surface area contributed by atoms with E-state index in [1.807, 2.05) is 0 Å². The van der Waals surface area contributed by atoms with Crippen LogP contribution in [-0.2, 0) is 4.79 Å². The number of carbonyl (C=O) groups excluding carboxylic acids is 2. The Morgan fingerprint density at radius 3 is 2.79 bits per heavy atom. The van der Waals surface area contributed by atoms with E-state index in [9.17, 15) is 9.59 Å². The SMILES string of the molecule is CN(CC(=O)NC1CC1)C(=O)c1cc(N)ccc1Cl. The number of rotatable bonds is 4. The van der Waals surface area contributed by atoms with Crippen LogP contribution in [0.5, 0.6) is 0 Å². The van der Waals surface area contributed by atoms with E-state index in [4.69, 9.17) is 17.3 Å². The topological polar surface area (TPSA) is 75.4 Å². The number of hydrogen-bond acceptors (Lipinski definition) is 3. The minimum atomic E-state index is -0.316. The van der Waals surface area contributed by atoms with Gasteiger partial charge in [-0.15, -0.1) is 0 Å². The summed E-state index contributed by atoms with van der Waals surface area (Å²) in [6.07, 6.45) is 2.04. The van der Waals surface area contributed by atoms with Crippen LogP contribution in [0.15, 0.2) is 18.2 Å². The first-order valence-corrected chi connectivity index (χ1v) is 6.45. The number of nitrogens with two attached hydrogens (primary N) is 1. The highest BCUT2D eigenvalue weighted by Gasteiger charge is 2.25. The smallest absolute Gasteiger partial charge is 0.255 e. The molecule has 0 heterocycles. The average Bonchev–Trinajstić information content (AvgIpc) is 3.15. The Bertz CT molecular complexity index is 515. The van der Waals surface area contributed by atoms with Crippen molar-refractivity contribution in [2.45, 2.75) is 18.9 Å². The van der Waals surface area contributed by atoms with E-state index in [2.05, 4.69) is 5.32 Å². The molecule has 1 aliphatic carbocycles. The molecule has 1 aliphatic rings. The molecule has 1 saturated carbocycles. The van der Waals surface area contributed by atoms with Gasteiger partial charge in [-0.2, -0.15) is 0 Å². The van der Waals surface area contributed by atoms with Gasteiger partial charge in [0.1, 0.15) is 0 Å². The van der Waals surface area contributed by atoms with E-state index in [0.717, 1.165) is 12.8 Å². The van der Waals surface area contributed by atoms with Crippen LogP contribution in [0.1, 0.15) is 23.2 Å². The number of amides is 2. The maximum Gasteiger partial charge on any atom is 0.255 e. The highest BCUT2D eigenvalue weighted by atomic mass is 35.5. The molecule has 0 saturated heterocycles. The van der Waals surface area contributed by atoms with Gasteiger partial charge in [0, 0.05) is 18.8 Å². The van der Waals surface area contributed by atoms with Gasteiger partial charge in [-0.25, -0.2) is 0 Å². The Morgan fingerprint density at radius 2 is 2.16 bits per heavy atom. The predicted octanol–water partition coefficient (Wildman–Crippen LogP) is 1.27. The van der Waals surface area contributed by atoms with Crippen molar-refractivity contribution in [1.29, 1.82) is 0 Å². The molecule has 19 heavy (non-hydrogen) atoms. The van der Waals surface area contributed by atoms with Gasteiger partial charge in [-0.3, -0.25) is 9.59 Å². The molecule has 0 aliphatic heterocycles. The van der Waals surface area contributed by atoms with Crippen molar-refractivity contribution < 1.29 is 9.59 Å². The summed E-state index contributed by atoms with van der Waals surface area (Å²) in [6.45, 7) is 0.0143. The largest absolute Gasteiger partial charge is 0.399 e. The number of nitrogens with one attached hydrogen (secondary N) is 1. The fourth-order valence-corrected chi connectivity index (χ4v) is 1.90. The molecule has 2 rings (SSSR count). The summed E-state index contributed by atoms with van der Waals surface area (Å²) in [6, 6.07) is 4.99. The second kappa shape index (κ2) is 5.48. The molecule has 0 spiro atoms. The van der Waals surface area contributed by atoms with Crippen molar-refractivity contribution in [3.8, 4) is 0 Å². The van der Waals surface area contributed by atoms with Crippen LogP contribution in [0.2, 0.25) is 5.02 Å². The molecule has 6 heteroatoms. The third-order valence-corrected chi connectivity index (χ3v) is 3.22. The molecule has 1 fully saturated rings. The zero-order valence-corrected chi connectivity index (χ0v) is 11.4. The van der Waals surface area contributed by atoms with Gasteiger partial charge in [0.05, 0.1) is 17.1 Å². The molecule has 2 amide bonds. The van der Waals surface area contributed by atoms with Crippen LogP contribution in [0.4, 0.5) is 5.69 Å². The van der Waals surface area contributed by atoms with Crippen LogP contribution < -0.4 is 11.1 Å². The second-order valence-corrected chi connectivity index (χ2v) is 5.15. The predicted molar refractivity (Wildman–Crippen MR) is 74.0 cm³/mol. The van der Waals surface area contributed by atoms with Gasteiger partial charge >= 0.3 is 0 Å². The molecule has 0 aromatic heterocycles. The van der Waals surface area contributed by atoms with Crippen molar-refractivity contribution in [3.63, 3.8) is 0 Å². The minimum absolute atomic E-state index is 0.0143. The number of anilines is 1. The molecule has 3 N–H and O–H groups in total.